The van der Waals surface area contributed by atoms with Gasteiger partial charge in [-0.25, -0.2) is 0 Å². The van der Waals surface area contributed by atoms with Crippen LogP contribution in [0.15, 0.2) is 29.3 Å². The van der Waals surface area contributed by atoms with Gasteiger partial charge in [0.2, 0.25) is 0 Å². The summed E-state index contributed by atoms with van der Waals surface area (Å²) >= 11 is 0. The summed E-state index contributed by atoms with van der Waals surface area (Å²) in [5.74, 6) is -0.282. The Balaban J connectivity index is 0.000000845. The van der Waals surface area contributed by atoms with Gasteiger partial charge in [0, 0.05) is 17.8 Å². The van der Waals surface area contributed by atoms with Gasteiger partial charge >= 0.3 is 0 Å². The molecule has 0 saturated carbocycles. The third-order valence-corrected chi connectivity index (χ3v) is 1.62. The van der Waals surface area contributed by atoms with E-state index >= 15 is 0 Å². The molecule has 0 aliphatic rings. The normalized spacial score (nSPS) is 9.54. The van der Waals surface area contributed by atoms with Crippen LogP contribution in [0.5, 0.6) is 5.75 Å². The van der Waals surface area contributed by atoms with Crippen molar-refractivity contribution in [1.82, 2.24) is 9.97 Å². The van der Waals surface area contributed by atoms with Gasteiger partial charge in [-0.15, -0.1) is 17.0 Å². The van der Waals surface area contributed by atoms with Crippen LogP contribution in [0, 0.1) is 0 Å². The maximum Gasteiger partial charge on any atom is 0.290 e. The lowest BCUT2D eigenvalue weighted by atomic mass is 10.3. The first-order valence-electron chi connectivity index (χ1n) is 3.43. The monoisotopic (exact) mass is 242 g/mol. The molecule has 0 bridgehead atoms. The molecule has 0 fully saturated rings. The van der Waals surface area contributed by atoms with Crippen LogP contribution in [0.25, 0.3) is 10.9 Å². The molecule has 0 atom stereocenters. The lowest BCUT2D eigenvalue weighted by Gasteiger charge is -1.95. The largest absolute Gasteiger partial charge is 0.503 e. The number of hydrogen-bond donors (Lipinski definition) is 2. The van der Waals surface area contributed by atoms with E-state index in [0.717, 1.165) is 5.39 Å². The van der Waals surface area contributed by atoms with E-state index in [9.17, 15) is 4.79 Å². The van der Waals surface area contributed by atoms with Gasteiger partial charge < -0.3 is 10.1 Å². The summed E-state index contributed by atoms with van der Waals surface area (Å²) in [4.78, 5) is 17.3. The van der Waals surface area contributed by atoms with E-state index in [0.29, 0.717) is 5.52 Å². The summed E-state index contributed by atoms with van der Waals surface area (Å²) in [5, 5.41) is 9.76. The summed E-state index contributed by atoms with van der Waals surface area (Å²) in [5.41, 5.74) is 0.196. The van der Waals surface area contributed by atoms with Crippen molar-refractivity contribution < 1.29 is 5.11 Å². The van der Waals surface area contributed by atoms with E-state index in [-0.39, 0.29) is 22.7 Å². The molecule has 2 aromatic heterocycles. The first kappa shape index (κ1) is 9.73. The average Bonchev–Trinajstić information content (AvgIpc) is 2.07. The first-order chi connectivity index (χ1) is 5.77. The Morgan fingerprint density at radius 2 is 2.23 bits per heavy atom. The molecule has 4 nitrogen and oxygen atoms in total. The quantitative estimate of drug-likeness (QED) is 0.730. The number of H-pyrrole nitrogens is 1. The lowest BCUT2D eigenvalue weighted by Crippen LogP contribution is -2.03. The third-order valence-electron chi connectivity index (χ3n) is 1.62. The highest BCUT2D eigenvalue weighted by Gasteiger charge is 1.98. The molecule has 0 spiro atoms. The van der Waals surface area contributed by atoms with Gasteiger partial charge in [0.25, 0.3) is 5.56 Å². The summed E-state index contributed by atoms with van der Waals surface area (Å²) in [6.45, 7) is 0. The van der Waals surface area contributed by atoms with Gasteiger partial charge in [0.15, 0.2) is 5.75 Å². The van der Waals surface area contributed by atoms with Crippen LogP contribution in [0.4, 0.5) is 0 Å². The van der Waals surface area contributed by atoms with Gasteiger partial charge in [-0.3, -0.25) is 9.78 Å². The van der Waals surface area contributed by atoms with Crippen LogP contribution in [-0.2, 0) is 0 Å². The number of fused-ring (bicyclic) bond motifs is 1. The van der Waals surface area contributed by atoms with E-state index < -0.39 is 5.56 Å². The fourth-order valence-electron chi connectivity index (χ4n) is 1.03. The van der Waals surface area contributed by atoms with Crippen molar-refractivity contribution in [1.29, 1.82) is 0 Å². The van der Waals surface area contributed by atoms with Gasteiger partial charge in [-0.05, 0) is 12.1 Å². The van der Waals surface area contributed by atoms with E-state index in [1.165, 1.54) is 6.07 Å². The molecular weight excluding hydrogens is 236 g/mol. The summed E-state index contributed by atoms with van der Waals surface area (Å²) < 4.78 is 0. The minimum Gasteiger partial charge on any atom is -0.503 e. The highest BCUT2D eigenvalue weighted by atomic mass is 79.9. The number of aromatic nitrogens is 2. The number of aromatic amines is 1. The van der Waals surface area contributed by atoms with E-state index in [4.69, 9.17) is 5.11 Å². The van der Waals surface area contributed by atoms with Crippen molar-refractivity contribution in [2.75, 3.05) is 0 Å². The number of halogens is 1. The molecule has 5 heteroatoms. The van der Waals surface area contributed by atoms with Crippen LogP contribution in [0.3, 0.4) is 0 Å². The molecule has 2 N–H and O–H groups in total. The maximum atomic E-state index is 10.9. The predicted octanol–water partition coefficient (Wildman–Crippen LogP) is 1.21. The zero-order valence-electron chi connectivity index (χ0n) is 6.52. The third kappa shape index (κ3) is 1.70. The van der Waals surface area contributed by atoms with Gasteiger partial charge in [-0.2, -0.15) is 0 Å². The van der Waals surface area contributed by atoms with E-state index in [2.05, 4.69) is 9.97 Å². The predicted molar refractivity (Wildman–Crippen MR) is 54.4 cm³/mol. The lowest BCUT2D eigenvalue weighted by molar-refractivity contribution is 0.468. The van der Waals surface area contributed by atoms with Crippen molar-refractivity contribution in [2.24, 2.45) is 0 Å². The topological polar surface area (TPSA) is 66.0 Å². The molecule has 0 aliphatic heterocycles. The van der Waals surface area contributed by atoms with Crippen LogP contribution in [0.1, 0.15) is 0 Å². The van der Waals surface area contributed by atoms with Gasteiger partial charge in [0.1, 0.15) is 0 Å². The van der Waals surface area contributed by atoms with Crippen LogP contribution >= 0.6 is 17.0 Å². The van der Waals surface area contributed by atoms with Crippen LogP contribution < -0.4 is 5.56 Å². The first-order valence-corrected chi connectivity index (χ1v) is 3.43. The highest BCUT2D eigenvalue weighted by molar-refractivity contribution is 8.93. The molecule has 0 unspecified atom stereocenters. The molecule has 2 aromatic rings. The average molecular weight is 243 g/mol. The summed E-state index contributed by atoms with van der Waals surface area (Å²) in [7, 11) is 0. The van der Waals surface area contributed by atoms with Gasteiger partial charge in [0.05, 0.1) is 5.52 Å². The SMILES string of the molecule is Br.O=c1[nH]c2ccncc2cc1O. The number of aromatic hydroxyl groups is 1. The number of pyridine rings is 2. The Hall–Kier alpha value is -1.36. The minimum absolute atomic E-state index is 0. The smallest absolute Gasteiger partial charge is 0.290 e. The second-order valence-electron chi connectivity index (χ2n) is 2.45. The van der Waals surface area contributed by atoms with Crippen molar-refractivity contribution in [2.45, 2.75) is 0 Å². The van der Waals surface area contributed by atoms with Gasteiger partial charge in [-0.1, -0.05) is 0 Å². The van der Waals surface area contributed by atoms with E-state index in [1.54, 1.807) is 18.5 Å². The molecule has 0 radical (unpaired) electrons. The van der Waals surface area contributed by atoms with Crippen molar-refractivity contribution >= 4 is 27.9 Å². The zero-order chi connectivity index (χ0) is 8.55. The van der Waals surface area contributed by atoms with E-state index in [1.807, 2.05) is 0 Å². The fraction of sp³-hybridized carbons (Fsp3) is 0. The molecule has 0 saturated heterocycles. The molecule has 0 aliphatic carbocycles. The summed E-state index contributed by atoms with van der Waals surface area (Å²) in [6.07, 6.45) is 3.15. The number of nitrogens with one attached hydrogen (secondary N) is 1. The standard InChI is InChI=1S/C8H6N2O2.BrH/c11-7-3-5-4-9-2-1-6(5)10-8(7)12;/h1-4,11H,(H,10,12);1H. The second-order valence-corrected chi connectivity index (χ2v) is 2.45. The van der Waals surface area contributed by atoms with Crippen molar-refractivity contribution in [3.8, 4) is 5.75 Å². The van der Waals surface area contributed by atoms with Crippen LogP contribution in [0.2, 0.25) is 0 Å². The zero-order valence-corrected chi connectivity index (χ0v) is 8.23. The minimum atomic E-state index is -0.478. The number of rotatable bonds is 0. The molecule has 2 heterocycles. The molecule has 2 rings (SSSR count). The molecule has 0 aromatic carbocycles. The van der Waals surface area contributed by atoms with Crippen molar-refractivity contribution in [3.05, 3.63) is 34.9 Å². The summed E-state index contributed by atoms with van der Waals surface area (Å²) in [6, 6.07) is 3.07. The molecular formula is C8H7BrN2O2. The number of nitrogens with zero attached hydrogens (tertiary/aromatic N) is 1. The maximum absolute atomic E-state index is 10.9. The molecule has 0 amide bonds. The Labute approximate surface area is 84.0 Å². The number of hydrogen-bond acceptors (Lipinski definition) is 3. The Kier molecular flexibility index (Phi) is 2.67. The second kappa shape index (κ2) is 3.57. The Bertz CT molecular complexity index is 481. The Morgan fingerprint density at radius 3 is 3.00 bits per heavy atom. The highest BCUT2D eigenvalue weighted by Crippen LogP contribution is 2.10. The Morgan fingerprint density at radius 1 is 1.46 bits per heavy atom. The van der Waals surface area contributed by atoms with Crippen molar-refractivity contribution in [3.63, 3.8) is 0 Å². The fourth-order valence-corrected chi connectivity index (χ4v) is 1.03. The molecule has 13 heavy (non-hydrogen) atoms. The molecule has 68 valence electrons. The van der Waals surface area contributed by atoms with Crippen LogP contribution in [-0.4, -0.2) is 15.1 Å².